The number of anilines is 1. The number of carbonyl (C=O) groups excluding carboxylic acids is 3. The Bertz CT molecular complexity index is 1230. The molecule has 1 fully saturated rings. The zero-order valence-electron chi connectivity index (χ0n) is 18.5. The Morgan fingerprint density at radius 3 is 2.15 bits per heavy atom. The summed E-state index contributed by atoms with van der Waals surface area (Å²) < 4.78 is 5.19. The second-order valence-corrected chi connectivity index (χ2v) is 8.15. The van der Waals surface area contributed by atoms with E-state index in [0.29, 0.717) is 11.3 Å². The van der Waals surface area contributed by atoms with E-state index in [1.54, 1.807) is 36.4 Å². The number of rotatable bonds is 7. The van der Waals surface area contributed by atoms with Crippen LogP contribution in [-0.2, 0) is 14.3 Å². The van der Waals surface area contributed by atoms with Gasteiger partial charge in [-0.15, -0.1) is 0 Å². The van der Waals surface area contributed by atoms with E-state index in [9.17, 15) is 24.5 Å². The lowest BCUT2D eigenvalue weighted by Gasteiger charge is -2.17. The molecule has 3 aromatic rings. The summed E-state index contributed by atoms with van der Waals surface area (Å²) in [5, 5.41) is 10.8. The van der Waals surface area contributed by atoms with Crippen molar-refractivity contribution in [3.05, 3.63) is 94.0 Å². The first kappa shape index (κ1) is 22.8. The molecule has 0 spiro atoms. The molecule has 0 saturated carbocycles. The summed E-state index contributed by atoms with van der Waals surface area (Å²) in [7, 11) is 0. The summed E-state index contributed by atoms with van der Waals surface area (Å²) >= 11 is 0. The molecule has 3 aromatic carbocycles. The highest BCUT2D eigenvalue weighted by Crippen LogP contribution is 2.29. The normalized spacial score (nSPS) is 15.3. The van der Waals surface area contributed by atoms with Crippen molar-refractivity contribution in [3.8, 4) is 11.1 Å². The van der Waals surface area contributed by atoms with E-state index < -0.39 is 16.8 Å². The van der Waals surface area contributed by atoms with Gasteiger partial charge in [0.05, 0.1) is 10.8 Å². The lowest BCUT2D eigenvalue weighted by atomic mass is 10.0. The lowest BCUT2D eigenvalue weighted by Crippen LogP contribution is -2.27. The van der Waals surface area contributed by atoms with Gasteiger partial charge in [0.15, 0.2) is 12.4 Å². The molecule has 34 heavy (non-hydrogen) atoms. The van der Waals surface area contributed by atoms with Crippen molar-refractivity contribution in [1.29, 1.82) is 0 Å². The molecular formula is C26H22N2O6. The highest BCUT2D eigenvalue weighted by Gasteiger charge is 2.36. The average Bonchev–Trinajstić information content (AvgIpc) is 3.24. The van der Waals surface area contributed by atoms with Gasteiger partial charge in [0.25, 0.3) is 5.69 Å². The fraction of sp³-hybridized carbons (Fsp3) is 0.192. The number of hydrogen-bond donors (Lipinski definition) is 0. The van der Waals surface area contributed by atoms with Crippen LogP contribution >= 0.6 is 0 Å². The Morgan fingerprint density at radius 2 is 1.56 bits per heavy atom. The first-order valence-electron chi connectivity index (χ1n) is 10.7. The van der Waals surface area contributed by atoms with E-state index in [0.717, 1.165) is 16.7 Å². The minimum atomic E-state index is -0.646. The van der Waals surface area contributed by atoms with Gasteiger partial charge in [-0.3, -0.25) is 24.5 Å². The summed E-state index contributed by atoms with van der Waals surface area (Å²) in [5.41, 5.74) is 3.80. The van der Waals surface area contributed by atoms with Crippen LogP contribution in [0.4, 0.5) is 11.4 Å². The second-order valence-electron chi connectivity index (χ2n) is 8.15. The maximum Gasteiger partial charge on any atom is 0.311 e. The fourth-order valence-electron chi connectivity index (χ4n) is 3.80. The van der Waals surface area contributed by atoms with Gasteiger partial charge >= 0.3 is 5.97 Å². The molecular weight excluding hydrogens is 436 g/mol. The van der Waals surface area contributed by atoms with Gasteiger partial charge in [0, 0.05) is 36.3 Å². The van der Waals surface area contributed by atoms with Crippen LogP contribution in [0.1, 0.15) is 22.3 Å². The standard InChI is InChI=1S/C26H22N2O6/c1-17-2-4-20(5-3-17)24(29)16-34-26(31)21-14-25(30)27(15-21)22-10-6-18(7-11-22)19-8-12-23(13-9-19)28(32)33/h2-13,21H,14-16H2,1H3/t21-/m1/s1. The van der Waals surface area contributed by atoms with Crippen molar-refractivity contribution in [2.45, 2.75) is 13.3 Å². The summed E-state index contributed by atoms with van der Waals surface area (Å²) in [6.07, 6.45) is 0.0155. The number of hydrogen-bond acceptors (Lipinski definition) is 6. The SMILES string of the molecule is Cc1ccc(C(=O)COC(=O)[C@@H]2CC(=O)N(c3ccc(-c4ccc([N+](=O)[O-])cc4)cc3)C2)cc1. The smallest absolute Gasteiger partial charge is 0.311 e. The van der Waals surface area contributed by atoms with Crippen LogP contribution < -0.4 is 4.90 Å². The molecule has 0 N–H and O–H groups in total. The minimum absolute atomic E-state index is 0.0153. The zero-order valence-corrected chi connectivity index (χ0v) is 18.5. The number of Topliss-reactive ketones (excluding diaryl/α,β-unsaturated/α-hetero) is 1. The van der Waals surface area contributed by atoms with Crippen LogP contribution in [0.3, 0.4) is 0 Å². The number of non-ortho nitro benzene ring substituents is 1. The number of ketones is 1. The van der Waals surface area contributed by atoms with E-state index in [1.165, 1.54) is 17.0 Å². The predicted octanol–water partition coefficient (Wildman–Crippen LogP) is 4.35. The van der Waals surface area contributed by atoms with Gasteiger partial charge in [-0.2, -0.15) is 0 Å². The molecule has 1 amide bonds. The Balaban J connectivity index is 1.36. The summed E-state index contributed by atoms with van der Waals surface area (Å²) in [6.45, 7) is 1.73. The van der Waals surface area contributed by atoms with Crippen molar-refractivity contribution in [1.82, 2.24) is 0 Å². The molecule has 0 aliphatic carbocycles. The molecule has 1 atom stereocenters. The third-order valence-electron chi connectivity index (χ3n) is 5.77. The molecule has 0 unspecified atom stereocenters. The number of aryl methyl sites for hydroxylation is 1. The summed E-state index contributed by atoms with van der Waals surface area (Å²) in [6, 6.07) is 20.4. The molecule has 172 valence electrons. The summed E-state index contributed by atoms with van der Waals surface area (Å²) in [4.78, 5) is 49.1. The van der Waals surface area contributed by atoms with Crippen LogP contribution in [-0.4, -0.2) is 35.7 Å². The molecule has 1 aliphatic heterocycles. The molecule has 1 heterocycles. The van der Waals surface area contributed by atoms with Gasteiger partial charge in [-0.1, -0.05) is 42.0 Å². The van der Waals surface area contributed by atoms with Gasteiger partial charge in [0.2, 0.25) is 5.91 Å². The zero-order chi connectivity index (χ0) is 24.2. The molecule has 1 saturated heterocycles. The monoisotopic (exact) mass is 458 g/mol. The third-order valence-corrected chi connectivity index (χ3v) is 5.77. The largest absolute Gasteiger partial charge is 0.457 e. The average molecular weight is 458 g/mol. The number of esters is 1. The topological polar surface area (TPSA) is 107 Å². The molecule has 0 aromatic heterocycles. The maximum absolute atomic E-state index is 12.5. The van der Waals surface area contributed by atoms with Crippen LogP contribution in [0.25, 0.3) is 11.1 Å². The number of amides is 1. The van der Waals surface area contributed by atoms with E-state index >= 15 is 0 Å². The Labute approximate surface area is 195 Å². The van der Waals surface area contributed by atoms with Crippen LogP contribution in [0, 0.1) is 23.0 Å². The van der Waals surface area contributed by atoms with E-state index in [-0.39, 0.29) is 37.0 Å². The first-order valence-corrected chi connectivity index (χ1v) is 10.7. The van der Waals surface area contributed by atoms with Gasteiger partial charge in [-0.25, -0.2) is 0 Å². The van der Waals surface area contributed by atoms with Crippen LogP contribution in [0.15, 0.2) is 72.8 Å². The summed E-state index contributed by atoms with van der Waals surface area (Å²) in [5.74, 6) is -1.71. The molecule has 8 heteroatoms. The highest BCUT2D eigenvalue weighted by molar-refractivity contribution is 6.01. The van der Waals surface area contributed by atoms with E-state index in [4.69, 9.17) is 4.74 Å². The number of nitro groups is 1. The van der Waals surface area contributed by atoms with Crippen LogP contribution in [0.5, 0.6) is 0 Å². The maximum atomic E-state index is 12.5. The molecule has 0 radical (unpaired) electrons. The predicted molar refractivity (Wildman–Crippen MR) is 125 cm³/mol. The molecule has 4 rings (SSSR count). The molecule has 8 nitrogen and oxygen atoms in total. The number of benzene rings is 3. The molecule has 1 aliphatic rings. The first-order chi connectivity index (χ1) is 16.3. The van der Waals surface area contributed by atoms with Crippen molar-refractivity contribution >= 4 is 29.0 Å². The Morgan fingerprint density at radius 1 is 0.971 bits per heavy atom. The highest BCUT2D eigenvalue weighted by atomic mass is 16.6. The van der Waals surface area contributed by atoms with Gasteiger partial charge in [0.1, 0.15) is 0 Å². The van der Waals surface area contributed by atoms with Crippen molar-refractivity contribution < 1.29 is 24.0 Å². The fourth-order valence-corrected chi connectivity index (χ4v) is 3.80. The minimum Gasteiger partial charge on any atom is -0.457 e. The quantitative estimate of drug-likeness (QED) is 0.226. The third kappa shape index (κ3) is 5.01. The number of nitro benzene ring substituents is 1. The van der Waals surface area contributed by atoms with E-state index in [2.05, 4.69) is 0 Å². The van der Waals surface area contributed by atoms with Gasteiger partial charge < -0.3 is 9.64 Å². The van der Waals surface area contributed by atoms with E-state index in [1.807, 2.05) is 31.2 Å². The molecule has 0 bridgehead atoms. The lowest BCUT2D eigenvalue weighted by molar-refractivity contribution is -0.384. The second kappa shape index (κ2) is 9.66. The van der Waals surface area contributed by atoms with Crippen molar-refractivity contribution in [3.63, 3.8) is 0 Å². The number of carbonyl (C=O) groups is 3. The number of nitrogens with zero attached hydrogens (tertiary/aromatic N) is 2. The van der Waals surface area contributed by atoms with Crippen LogP contribution in [0.2, 0.25) is 0 Å². The van der Waals surface area contributed by atoms with Gasteiger partial charge in [-0.05, 0) is 42.3 Å². The van der Waals surface area contributed by atoms with Crippen molar-refractivity contribution in [2.24, 2.45) is 5.92 Å². The van der Waals surface area contributed by atoms with Crippen molar-refractivity contribution in [2.75, 3.05) is 18.1 Å². The number of ether oxygens (including phenoxy) is 1. The Hall–Kier alpha value is -4.33. The Kier molecular flexibility index (Phi) is 6.49.